The van der Waals surface area contributed by atoms with Crippen molar-refractivity contribution in [1.29, 1.82) is 0 Å². The van der Waals surface area contributed by atoms with Crippen LogP contribution in [0.25, 0.3) is 0 Å². The van der Waals surface area contributed by atoms with Gasteiger partial charge in [0.25, 0.3) is 0 Å². The fourth-order valence-electron chi connectivity index (χ4n) is 2.88. The van der Waals surface area contributed by atoms with Crippen molar-refractivity contribution in [3.8, 4) is 0 Å². The van der Waals surface area contributed by atoms with Gasteiger partial charge in [-0.1, -0.05) is 6.07 Å². The van der Waals surface area contributed by atoms with E-state index in [1.165, 1.54) is 48.3 Å². The maximum Gasteiger partial charge on any atom is 0.0108 e. The predicted octanol–water partition coefficient (Wildman–Crippen LogP) is 2.37. The summed E-state index contributed by atoms with van der Waals surface area (Å²) in [6.07, 6.45) is 1.19. The monoisotopic (exact) mass is 246 g/mol. The Morgan fingerprint density at radius 3 is 2.11 bits per heavy atom. The second-order valence-corrected chi connectivity index (χ2v) is 5.58. The van der Waals surface area contributed by atoms with Gasteiger partial charge in [-0.05, 0) is 61.9 Å². The standard InChI is InChI=1S/C16H26N2/c1-12-11-13(2)15(4)16(14(12)3)5-8-18-9-6-17-7-10-18/h11,17H,5-10H2,1-4H3. The lowest BCUT2D eigenvalue weighted by atomic mass is 9.92. The normalized spacial score (nSPS) is 17.1. The van der Waals surface area contributed by atoms with Gasteiger partial charge in [0.05, 0.1) is 0 Å². The molecule has 0 bridgehead atoms. The van der Waals surface area contributed by atoms with E-state index in [-0.39, 0.29) is 0 Å². The Balaban J connectivity index is 2.08. The molecular weight excluding hydrogens is 220 g/mol. The SMILES string of the molecule is Cc1cc(C)c(C)c(CCN2CCNCC2)c1C. The molecule has 1 heterocycles. The zero-order chi connectivity index (χ0) is 13.1. The summed E-state index contributed by atoms with van der Waals surface area (Å²) in [5, 5.41) is 3.41. The minimum atomic E-state index is 1.14. The van der Waals surface area contributed by atoms with E-state index in [1.807, 2.05) is 0 Å². The van der Waals surface area contributed by atoms with Crippen LogP contribution in [0.4, 0.5) is 0 Å². The van der Waals surface area contributed by atoms with E-state index in [0.29, 0.717) is 0 Å². The summed E-state index contributed by atoms with van der Waals surface area (Å²) in [5.41, 5.74) is 7.44. The van der Waals surface area contributed by atoms with E-state index in [4.69, 9.17) is 0 Å². The molecule has 1 fully saturated rings. The van der Waals surface area contributed by atoms with Gasteiger partial charge in [-0.2, -0.15) is 0 Å². The molecule has 0 saturated carbocycles. The maximum absolute atomic E-state index is 3.41. The van der Waals surface area contributed by atoms with Gasteiger partial charge in [0, 0.05) is 32.7 Å². The highest BCUT2D eigenvalue weighted by molar-refractivity contribution is 5.44. The molecule has 1 aromatic rings. The Bertz CT molecular complexity index is 391. The fourth-order valence-corrected chi connectivity index (χ4v) is 2.88. The number of hydrogen-bond acceptors (Lipinski definition) is 2. The van der Waals surface area contributed by atoms with Crippen LogP contribution in [0.3, 0.4) is 0 Å². The van der Waals surface area contributed by atoms with Gasteiger partial charge in [-0.15, -0.1) is 0 Å². The molecule has 0 aliphatic carbocycles. The molecule has 1 saturated heterocycles. The summed E-state index contributed by atoms with van der Waals surface area (Å²) < 4.78 is 0. The number of nitrogens with one attached hydrogen (secondary N) is 1. The van der Waals surface area contributed by atoms with Crippen LogP contribution in [0, 0.1) is 27.7 Å². The first-order valence-electron chi connectivity index (χ1n) is 7.09. The van der Waals surface area contributed by atoms with E-state index in [0.717, 1.165) is 13.1 Å². The Morgan fingerprint density at radius 2 is 1.56 bits per heavy atom. The number of piperazine rings is 1. The molecule has 0 aromatic heterocycles. The van der Waals surface area contributed by atoms with Crippen molar-refractivity contribution in [2.24, 2.45) is 0 Å². The number of hydrogen-bond donors (Lipinski definition) is 1. The van der Waals surface area contributed by atoms with Crippen LogP contribution >= 0.6 is 0 Å². The van der Waals surface area contributed by atoms with Crippen molar-refractivity contribution < 1.29 is 0 Å². The molecule has 1 aliphatic heterocycles. The number of benzene rings is 1. The van der Waals surface area contributed by atoms with Gasteiger partial charge in [0.1, 0.15) is 0 Å². The summed E-state index contributed by atoms with van der Waals surface area (Å²) in [6, 6.07) is 2.32. The molecule has 1 N–H and O–H groups in total. The van der Waals surface area contributed by atoms with Crippen LogP contribution in [0.15, 0.2) is 6.07 Å². The molecular formula is C16H26N2. The predicted molar refractivity (Wildman–Crippen MR) is 78.4 cm³/mol. The minimum absolute atomic E-state index is 1.14. The smallest absolute Gasteiger partial charge is 0.0108 e. The third-order valence-corrected chi connectivity index (χ3v) is 4.41. The third-order valence-electron chi connectivity index (χ3n) is 4.41. The van der Waals surface area contributed by atoms with Crippen molar-refractivity contribution in [2.45, 2.75) is 34.1 Å². The highest BCUT2D eigenvalue weighted by Gasteiger charge is 2.12. The quantitative estimate of drug-likeness (QED) is 0.881. The first kappa shape index (κ1) is 13.6. The van der Waals surface area contributed by atoms with Gasteiger partial charge in [-0.25, -0.2) is 0 Å². The molecule has 2 rings (SSSR count). The van der Waals surface area contributed by atoms with Crippen molar-refractivity contribution in [3.63, 3.8) is 0 Å². The largest absolute Gasteiger partial charge is 0.314 e. The molecule has 18 heavy (non-hydrogen) atoms. The Labute approximate surface area is 111 Å². The lowest BCUT2D eigenvalue weighted by Crippen LogP contribution is -2.44. The fraction of sp³-hybridized carbons (Fsp3) is 0.625. The summed E-state index contributed by atoms with van der Waals surface area (Å²) in [5.74, 6) is 0. The molecule has 0 radical (unpaired) electrons. The molecule has 0 spiro atoms. The van der Waals surface area contributed by atoms with Gasteiger partial charge < -0.3 is 10.2 Å². The topological polar surface area (TPSA) is 15.3 Å². The van der Waals surface area contributed by atoms with Gasteiger partial charge in [0.2, 0.25) is 0 Å². The lowest BCUT2D eigenvalue weighted by Gasteiger charge is -2.28. The number of rotatable bonds is 3. The summed E-state index contributed by atoms with van der Waals surface area (Å²) in [4.78, 5) is 2.58. The van der Waals surface area contributed by atoms with E-state index in [2.05, 4.69) is 44.0 Å². The maximum atomic E-state index is 3.41. The van der Waals surface area contributed by atoms with Crippen molar-refractivity contribution in [2.75, 3.05) is 32.7 Å². The first-order valence-corrected chi connectivity index (χ1v) is 7.09. The molecule has 2 heteroatoms. The van der Waals surface area contributed by atoms with E-state index < -0.39 is 0 Å². The molecule has 2 nitrogen and oxygen atoms in total. The van der Waals surface area contributed by atoms with Crippen molar-refractivity contribution in [1.82, 2.24) is 10.2 Å². The van der Waals surface area contributed by atoms with E-state index >= 15 is 0 Å². The van der Waals surface area contributed by atoms with E-state index in [1.54, 1.807) is 5.56 Å². The number of aryl methyl sites for hydroxylation is 2. The van der Waals surface area contributed by atoms with Crippen molar-refractivity contribution >= 4 is 0 Å². The molecule has 100 valence electrons. The summed E-state index contributed by atoms with van der Waals surface area (Å²) >= 11 is 0. The average molecular weight is 246 g/mol. The molecule has 1 aliphatic rings. The minimum Gasteiger partial charge on any atom is -0.314 e. The van der Waals surface area contributed by atoms with Crippen LogP contribution < -0.4 is 5.32 Å². The lowest BCUT2D eigenvalue weighted by molar-refractivity contribution is 0.243. The molecule has 0 unspecified atom stereocenters. The molecule has 1 aromatic carbocycles. The van der Waals surface area contributed by atoms with E-state index in [9.17, 15) is 0 Å². The van der Waals surface area contributed by atoms with Crippen molar-refractivity contribution in [3.05, 3.63) is 33.9 Å². The molecule has 0 amide bonds. The third kappa shape index (κ3) is 2.93. The van der Waals surface area contributed by atoms with Crippen LogP contribution in [0.1, 0.15) is 27.8 Å². The second-order valence-electron chi connectivity index (χ2n) is 5.58. The van der Waals surface area contributed by atoms with Crippen LogP contribution in [-0.2, 0) is 6.42 Å². The average Bonchev–Trinajstić information content (AvgIpc) is 2.38. The second kappa shape index (κ2) is 5.85. The Kier molecular flexibility index (Phi) is 4.41. The van der Waals surface area contributed by atoms with Gasteiger partial charge >= 0.3 is 0 Å². The first-order chi connectivity index (χ1) is 8.59. The van der Waals surface area contributed by atoms with Crippen LogP contribution in [-0.4, -0.2) is 37.6 Å². The number of nitrogens with zero attached hydrogens (tertiary/aromatic N) is 1. The highest BCUT2D eigenvalue weighted by atomic mass is 15.2. The van der Waals surface area contributed by atoms with Crippen LogP contribution in [0.5, 0.6) is 0 Å². The van der Waals surface area contributed by atoms with Gasteiger partial charge in [0.15, 0.2) is 0 Å². The van der Waals surface area contributed by atoms with Crippen LogP contribution in [0.2, 0.25) is 0 Å². The van der Waals surface area contributed by atoms with Gasteiger partial charge in [-0.3, -0.25) is 0 Å². The highest BCUT2D eigenvalue weighted by Crippen LogP contribution is 2.22. The summed E-state index contributed by atoms with van der Waals surface area (Å²) in [7, 11) is 0. The zero-order valence-corrected chi connectivity index (χ0v) is 12.3. The Morgan fingerprint density at radius 1 is 1.00 bits per heavy atom. The zero-order valence-electron chi connectivity index (χ0n) is 12.3. The Hall–Kier alpha value is -0.860. The summed E-state index contributed by atoms with van der Waals surface area (Å²) in [6.45, 7) is 14.9. The molecule has 0 atom stereocenters.